The van der Waals surface area contributed by atoms with Gasteiger partial charge in [-0.1, -0.05) is 0 Å². The number of nitrogens with zero attached hydrogens (tertiary/aromatic N) is 1. The van der Waals surface area contributed by atoms with Crippen LogP contribution in [0.3, 0.4) is 0 Å². The smallest absolute Gasteiger partial charge is 0.0501 e. The van der Waals surface area contributed by atoms with Crippen LogP contribution in [0.2, 0.25) is 0 Å². The molecule has 0 aliphatic rings. The van der Waals surface area contributed by atoms with Crippen LogP contribution in [0.4, 0.5) is 5.69 Å². The van der Waals surface area contributed by atoms with Gasteiger partial charge in [-0.25, -0.2) is 0 Å². The summed E-state index contributed by atoms with van der Waals surface area (Å²) in [5, 5.41) is 0. The van der Waals surface area contributed by atoms with Crippen LogP contribution in [-0.4, -0.2) is 4.98 Å². The van der Waals surface area contributed by atoms with Crippen molar-refractivity contribution in [3.8, 4) is 0 Å². The maximum absolute atomic E-state index is 5.56. The lowest BCUT2D eigenvalue weighted by atomic mass is 10.2. The zero-order valence-corrected chi connectivity index (χ0v) is 8.84. The van der Waals surface area contributed by atoms with Gasteiger partial charge in [0.15, 0.2) is 0 Å². The molecule has 2 nitrogen and oxygen atoms in total. The fourth-order valence-corrected chi connectivity index (χ4v) is 2.20. The number of pyridine rings is 1. The van der Waals surface area contributed by atoms with Crippen molar-refractivity contribution in [2.45, 2.75) is 13.3 Å². The van der Waals surface area contributed by atoms with Gasteiger partial charge >= 0.3 is 0 Å². The Labute approximate surface area is 87.4 Å². The van der Waals surface area contributed by atoms with E-state index in [0.29, 0.717) is 0 Å². The minimum Gasteiger partial charge on any atom is -0.397 e. The minimum absolute atomic E-state index is 0.719. The van der Waals surface area contributed by atoms with Gasteiger partial charge in [-0.05, 0) is 31.2 Å². The largest absolute Gasteiger partial charge is 0.397 e. The molecule has 2 heterocycles. The maximum Gasteiger partial charge on any atom is 0.0501 e. The van der Waals surface area contributed by atoms with Gasteiger partial charge < -0.3 is 5.73 Å². The van der Waals surface area contributed by atoms with E-state index in [0.717, 1.165) is 17.8 Å². The summed E-state index contributed by atoms with van der Waals surface area (Å²) in [5.74, 6) is 0. The number of nitrogen functional groups attached to an aromatic ring is 1. The molecule has 72 valence electrons. The van der Waals surface area contributed by atoms with Crippen molar-refractivity contribution in [3.63, 3.8) is 0 Å². The van der Waals surface area contributed by atoms with E-state index >= 15 is 0 Å². The second kappa shape index (κ2) is 3.80. The van der Waals surface area contributed by atoms with Gasteiger partial charge in [0, 0.05) is 21.9 Å². The van der Waals surface area contributed by atoms with Crippen molar-refractivity contribution in [3.05, 3.63) is 45.9 Å². The molecule has 0 saturated heterocycles. The van der Waals surface area contributed by atoms with Crippen molar-refractivity contribution in [2.24, 2.45) is 0 Å². The van der Waals surface area contributed by atoms with E-state index in [9.17, 15) is 0 Å². The van der Waals surface area contributed by atoms with Crippen LogP contribution in [0.15, 0.2) is 30.5 Å². The zero-order chi connectivity index (χ0) is 9.97. The maximum atomic E-state index is 5.56. The van der Waals surface area contributed by atoms with Gasteiger partial charge in [-0.2, -0.15) is 0 Å². The molecule has 0 aromatic carbocycles. The molecule has 0 fully saturated rings. The van der Waals surface area contributed by atoms with Gasteiger partial charge in [-0.15, -0.1) is 11.3 Å². The van der Waals surface area contributed by atoms with Crippen molar-refractivity contribution >= 4 is 17.0 Å². The SMILES string of the molecule is Cc1ccc(Cc2ccc(N)cn2)s1. The number of anilines is 1. The van der Waals surface area contributed by atoms with Crippen molar-refractivity contribution < 1.29 is 0 Å². The fourth-order valence-electron chi connectivity index (χ4n) is 1.30. The first-order chi connectivity index (χ1) is 6.74. The Bertz CT molecular complexity index is 417. The van der Waals surface area contributed by atoms with E-state index in [2.05, 4.69) is 24.0 Å². The predicted molar refractivity (Wildman–Crippen MR) is 60.5 cm³/mol. The van der Waals surface area contributed by atoms with Crippen LogP contribution in [0, 0.1) is 6.92 Å². The first-order valence-electron chi connectivity index (χ1n) is 4.50. The molecule has 2 aromatic heterocycles. The topological polar surface area (TPSA) is 38.9 Å². The molecule has 0 unspecified atom stereocenters. The molecule has 0 aliphatic heterocycles. The molecule has 0 amide bonds. The Morgan fingerprint density at radius 1 is 1.29 bits per heavy atom. The first-order valence-corrected chi connectivity index (χ1v) is 5.31. The molecule has 0 spiro atoms. The molecule has 3 heteroatoms. The van der Waals surface area contributed by atoms with Gasteiger partial charge in [-0.3, -0.25) is 4.98 Å². The molecule has 0 saturated carbocycles. The monoisotopic (exact) mass is 204 g/mol. The Morgan fingerprint density at radius 2 is 2.14 bits per heavy atom. The fraction of sp³-hybridized carbons (Fsp3) is 0.182. The third-order valence-corrected chi connectivity index (χ3v) is 3.00. The average molecular weight is 204 g/mol. The molecule has 0 radical (unpaired) electrons. The first kappa shape index (κ1) is 9.21. The van der Waals surface area contributed by atoms with Gasteiger partial charge in [0.2, 0.25) is 0 Å². The number of rotatable bonds is 2. The van der Waals surface area contributed by atoms with Crippen molar-refractivity contribution in [2.75, 3.05) is 5.73 Å². The molecule has 0 aliphatic carbocycles. The highest BCUT2D eigenvalue weighted by Crippen LogP contribution is 2.18. The van der Waals surface area contributed by atoms with E-state index in [1.54, 1.807) is 6.20 Å². The van der Waals surface area contributed by atoms with Crippen LogP contribution in [-0.2, 0) is 6.42 Å². The highest BCUT2D eigenvalue weighted by molar-refractivity contribution is 7.11. The summed E-state index contributed by atoms with van der Waals surface area (Å²) in [6, 6.07) is 8.16. The van der Waals surface area contributed by atoms with E-state index in [1.807, 2.05) is 23.5 Å². The lowest BCUT2D eigenvalue weighted by Gasteiger charge is -1.98. The van der Waals surface area contributed by atoms with Gasteiger partial charge in [0.1, 0.15) is 0 Å². The second-order valence-electron chi connectivity index (χ2n) is 3.27. The summed E-state index contributed by atoms with van der Waals surface area (Å²) in [5.41, 5.74) is 7.35. The molecule has 2 aromatic rings. The number of nitrogens with two attached hydrogens (primary N) is 1. The Balaban J connectivity index is 2.15. The minimum atomic E-state index is 0.719. The van der Waals surface area contributed by atoms with Crippen LogP contribution in [0.1, 0.15) is 15.4 Å². The molecular formula is C11H12N2S. The summed E-state index contributed by atoms with van der Waals surface area (Å²) < 4.78 is 0. The van der Waals surface area contributed by atoms with E-state index in [-0.39, 0.29) is 0 Å². The van der Waals surface area contributed by atoms with E-state index < -0.39 is 0 Å². The number of hydrogen-bond donors (Lipinski definition) is 1. The zero-order valence-electron chi connectivity index (χ0n) is 8.03. The molecule has 0 bridgehead atoms. The van der Waals surface area contributed by atoms with Crippen LogP contribution >= 0.6 is 11.3 Å². The van der Waals surface area contributed by atoms with Gasteiger partial charge in [0.05, 0.1) is 11.9 Å². The molecular weight excluding hydrogens is 192 g/mol. The molecule has 14 heavy (non-hydrogen) atoms. The number of aromatic nitrogens is 1. The van der Waals surface area contributed by atoms with Gasteiger partial charge in [0.25, 0.3) is 0 Å². The van der Waals surface area contributed by atoms with Crippen molar-refractivity contribution in [1.29, 1.82) is 0 Å². The summed E-state index contributed by atoms with van der Waals surface area (Å²) in [6.07, 6.45) is 2.61. The predicted octanol–water partition coefficient (Wildman–Crippen LogP) is 2.62. The Hall–Kier alpha value is -1.35. The molecule has 0 atom stereocenters. The summed E-state index contributed by atoms with van der Waals surface area (Å²) in [6.45, 7) is 2.12. The lowest BCUT2D eigenvalue weighted by molar-refractivity contribution is 1.10. The highest BCUT2D eigenvalue weighted by Gasteiger charge is 1.99. The average Bonchev–Trinajstić information content (AvgIpc) is 2.56. The Morgan fingerprint density at radius 3 is 2.71 bits per heavy atom. The molecule has 2 rings (SSSR count). The van der Waals surface area contributed by atoms with E-state index in [1.165, 1.54) is 9.75 Å². The third kappa shape index (κ3) is 2.12. The second-order valence-corrected chi connectivity index (χ2v) is 4.64. The number of thiophene rings is 1. The summed E-state index contributed by atoms with van der Waals surface area (Å²) in [4.78, 5) is 6.95. The molecule has 2 N–H and O–H groups in total. The number of hydrogen-bond acceptors (Lipinski definition) is 3. The van der Waals surface area contributed by atoms with Crippen LogP contribution in [0.25, 0.3) is 0 Å². The summed E-state index contributed by atoms with van der Waals surface area (Å²) >= 11 is 1.82. The van der Waals surface area contributed by atoms with Crippen LogP contribution < -0.4 is 5.73 Å². The summed E-state index contributed by atoms with van der Waals surface area (Å²) in [7, 11) is 0. The van der Waals surface area contributed by atoms with Crippen molar-refractivity contribution in [1.82, 2.24) is 4.98 Å². The third-order valence-electron chi connectivity index (χ3n) is 2.00. The Kier molecular flexibility index (Phi) is 2.50. The quantitative estimate of drug-likeness (QED) is 0.816. The standard InChI is InChI=1S/C11H12N2S/c1-8-2-5-11(14-8)6-10-4-3-9(12)7-13-10/h2-5,7H,6,12H2,1H3. The van der Waals surface area contributed by atoms with E-state index in [4.69, 9.17) is 5.73 Å². The number of aryl methyl sites for hydroxylation is 1. The van der Waals surface area contributed by atoms with Crippen LogP contribution in [0.5, 0.6) is 0 Å². The normalized spacial score (nSPS) is 10.4. The highest BCUT2D eigenvalue weighted by atomic mass is 32.1. The lowest BCUT2D eigenvalue weighted by Crippen LogP contribution is -1.91.